The lowest BCUT2D eigenvalue weighted by Crippen LogP contribution is -2.30. The maximum absolute atomic E-state index is 8.77. The van der Waals surface area contributed by atoms with Crippen molar-refractivity contribution in [1.29, 1.82) is 5.26 Å². The van der Waals surface area contributed by atoms with Crippen LogP contribution in [0.3, 0.4) is 0 Å². The topological polar surface area (TPSA) is 27.0 Å². The van der Waals surface area contributed by atoms with Crippen molar-refractivity contribution in [2.75, 3.05) is 19.6 Å². The zero-order valence-electron chi connectivity index (χ0n) is 9.34. The van der Waals surface area contributed by atoms with E-state index in [-0.39, 0.29) is 5.92 Å². The Morgan fingerprint density at radius 3 is 2.07 bits per heavy atom. The van der Waals surface area contributed by atoms with Crippen LogP contribution in [-0.2, 0) is 0 Å². The zero-order valence-corrected chi connectivity index (χ0v) is 9.34. The van der Waals surface area contributed by atoms with E-state index in [0.29, 0.717) is 0 Å². The molecule has 14 heavy (non-hydrogen) atoms. The summed E-state index contributed by atoms with van der Waals surface area (Å²) in [4.78, 5) is 2.47. The van der Waals surface area contributed by atoms with Crippen molar-refractivity contribution >= 4 is 0 Å². The van der Waals surface area contributed by atoms with Crippen LogP contribution in [0.5, 0.6) is 0 Å². The molecule has 1 rings (SSSR count). The van der Waals surface area contributed by atoms with Gasteiger partial charge in [0.05, 0.1) is 12.0 Å². The number of hydrogen-bond acceptors (Lipinski definition) is 2. The van der Waals surface area contributed by atoms with Crippen LogP contribution >= 0.6 is 0 Å². The highest BCUT2D eigenvalue weighted by Gasteiger charge is 2.10. The summed E-state index contributed by atoms with van der Waals surface area (Å²) in [6.07, 6.45) is 8.19. The van der Waals surface area contributed by atoms with Gasteiger partial charge in [0.2, 0.25) is 0 Å². The molecule has 2 heteroatoms. The summed E-state index contributed by atoms with van der Waals surface area (Å²) in [5.74, 6) is 0.191. The normalized spacial score (nSPS) is 22.9. The van der Waals surface area contributed by atoms with Gasteiger partial charge in [-0.2, -0.15) is 5.26 Å². The molecule has 0 saturated carbocycles. The van der Waals surface area contributed by atoms with Crippen molar-refractivity contribution in [2.45, 2.75) is 45.4 Å². The first-order chi connectivity index (χ1) is 6.83. The van der Waals surface area contributed by atoms with E-state index in [1.807, 2.05) is 6.92 Å². The molecule has 0 amide bonds. The van der Waals surface area contributed by atoms with Gasteiger partial charge < -0.3 is 4.90 Å². The van der Waals surface area contributed by atoms with E-state index in [2.05, 4.69) is 11.0 Å². The first-order valence-electron chi connectivity index (χ1n) is 5.95. The second-order valence-corrected chi connectivity index (χ2v) is 4.45. The first-order valence-corrected chi connectivity index (χ1v) is 5.95. The summed E-state index contributed by atoms with van der Waals surface area (Å²) >= 11 is 0. The largest absolute Gasteiger partial charge is 0.302 e. The average molecular weight is 194 g/mol. The lowest BCUT2D eigenvalue weighted by Gasteiger charge is -2.22. The van der Waals surface area contributed by atoms with Crippen LogP contribution in [0, 0.1) is 17.2 Å². The number of hydrogen-bond donors (Lipinski definition) is 0. The van der Waals surface area contributed by atoms with Gasteiger partial charge in [-0.25, -0.2) is 0 Å². The minimum atomic E-state index is 0.191. The molecule has 1 heterocycles. The van der Waals surface area contributed by atoms with Crippen molar-refractivity contribution in [3.63, 3.8) is 0 Å². The predicted octanol–water partition coefficient (Wildman–Crippen LogP) is 2.80. The van der Waals surface area contributed by atoms with Gasteiger partial charge in [-0.15, -0.1) is 0 Å². The Morgan fingerprint density at radius 1 is 1.07 bits per heavy atom. The molecule has 0 bridgehead atoms. The van der Waals surface area contributed by atoms with Gasteiger partial charge in [0.15, 0.2) is 0 Å². The lowest BCUT2D eigenvalue weighted by atomic mass is 10.1. The number of nitrogens with zero attached hydrogens (tertiary/aromatic N) is 2. The van der Waals surface area contributed by atoms with Gasteiger partial charge in [-0.1, -0.05) is 25.7 Å². The minimum absolute atomic E-state index is 0.191. The summed E-state index contributed by atoms with van der Waals surface area (Å²) in [7, 11) is 0. The molecule has 1 aliphatic rings. The smallest absolute Gasteiger partial charge is 0.0666 e. The van der Waals surface area contributed by atoms with Gasteiger partial charge in [0, 0.05) is 6.54 Å². The maximum Gasteiger partial charge on any atom is 0.0666 e. The van der Waals surface area contributed by atoms with Gasteiger partial charge in [0.25, 0.3) is 0 Å². The van der Waals surface area contributed by atoms with E-state index >= 15 is 0 Å². The van der Waals surface area contributed by atoms with E-state index < -0.39 is 0 Å². The van der Waals surface area contributed by atoms with Crippen LogP contribution in [-0.4, -0.2) is 24.5 Å². The van der Waals surface area contributed by atoms with E-state index in [1.165, 1.54) is 51.6 Å². The minimum Gasteiger partial charge on any atom is -0.302 e. The summed E-state index contributed by atoms with van der Waals surface area (Å²) < 4.78 is 0. The molecular formula is C12H22N2. The molecule has 0 N–H and O–H groups in total. The summed E-state index contributed by atoms with van der Waals surface area (Å²) in [6.45, 7) is 5.39. The third-order valence-corrected chi connectivity index (χ3v) is 2.95. The molecular weight excluding hydrogens is 172 g/mol. The second kappa shape index (κ2) is 6.84. The molecule has 0 aromatic carbocycles. The molecule has 0 spiro atoms. The van der Waals surface area contributed by atoms with Gasteiger partial charge >= 0.3 is 0 Å². The molecule has 0 aliphatic carbocycles. The molecule has 1 saturated heterocycles. The number of nitriles is 1. The molecule has 0 radical (unpaired) electrons. The molecule has 80 valence electrons. The highest BCUT2D eigenvalue weighted by atomic mass is 15.1. The van der Waals surface area contributed by atoms with Crippen LogP contribution in [0.4, 0.5) is 0 Å². The summed E-state index contributed by atoms with van der Waals surface area (Å²) in [5, 5.41) is 8.77. The van der Waals surface area contributed by atoms with Crippen molar-refractivity contribution in [3.05, 3.63) is 0 Å². The third-order valence-electron chi connectivity index (χ3n) is 2.95. The average Bonchev–Trinajstić information content (AvgIpc) is 2.31. The van der Waals surface area contributed by atoms with E-state index in [4.69, 9.17) is 5.26 Å². The Kier molecular flexibility index (Phi) is 5.63. The van der Waals surface area contributed by atoms with Crippen molar-refractivity contribution < 1.29 is 0 Å². The molecule has 1 fully saturated rings. The SMILES string of the molecule is CC(C#N)CN1CCCCCCCC1. The van der Waals surface area contributed by atoms with Crippen LogP contribution in [0.15, 0.2) is 0 Å². The van der Waals surface area contributed by atoms with Crippen molar-refractivity contribution in [2.24, 2.45) is 5.92 Å². The van der Waals surface area contributed by atoms with E-state index in [0.717, 1.165) is 6.54 Å². The monoisotopic (exact) mass is 194 g/mol. The zero-order chi connectivity index (χ0) is 10.2. The Morgan fingerprint density at radius 2 is 1.57 bits per heavy atom. The van der Waals surface area contributed by atoms with Crippen LogP contribution in [0.25, 0.3) is 0 Å². The van der Waals surface area contributed by atoms with Crippen LogP contribution in [0.1, 0.15) is 45.4 Å². The fraction of sp³-hybridized carbons (Fsp3) is 0.917. The Labute approximate surface area is 87.9 Å². The van der Waals surface area contributed by atoms with Crippen molar-refractivity contribution in [1.82, 2.24) is 4.90 Å². The summed E-state index contributed by atoms with van der Waals surface area (Å²) in [6, 6.07) is 2.32. The fourth-order valence-corrected chi connectivity index (χ4v) is 2.10. The fourth-order valence-electron chi connectivity index (χ4n) is 2.10. The van der Waals surface area contributed by atoms with Crippen LogP contribution < -0.4 is 0 Å². The highest BCUT2D eigenvalue weighted by molar-refractivity contribution is 4.81. The second-order valence-electron chi connectivity index (χ2n) is 4.45. The molecule has 0 aromatic heterocycles. The molecule has 0 aromatic rings. The molecule has 1 atom stereocenters. The predicted molar refractivity (Wildman–Crippen MR) is 58.9 cm³/mol. The van der Waals surface area contributed by atoms with Gasteiger partial charge in [-0.05, 0) is 32.9 Å². The highest BCUT2D eigenvalue weighted by Crippen LogP contribution is 2.12. The lowest BCUT2D eigenvalue weighted by molar-refractivity contribution is 0.251. The first kappa shape index (κ1) is 11.5. The maximum atomic E-state index is 8.77. The molecule has 1 aliphatic heterocycles. The Balaban J connectivity index is 2.29. The van der Waals surface area contributed by atoms with E-state index in [9.17, 15) is 0 Å². The quantitative estimate of drug-likeness (QED) is 0.676. The van der Waals surface area contributed by atoms with Gasteiger partial charge in [0.1, 0.15) is 0 Å². The number of rotatable bonds is 2. The Hall–Kier alpha value is -0.550. The molecule has 2 nitrogen and oxygen atoms in total. The standard InChI is InChI=1S/C12H22N2/c1-12(10-13)11-14-8-6-4-2-3-5-7-9-14/h12H,2-9,11H2,1H3. The van der Waals surface area contributed by atoms with Gasteiger partial charge in [-0.3, -0.25) is 0 Å². The van der Waals surface area contributed by atoms with Crippen LogP contribution in [0.2, 0.25) is 0 Å². The molecule has 1 unspecified atom stereocenters. The van der Waals surface area contributed by atoms with Crippen molar-refractivity contribution in [3.8, 4) is 6.07 Å². The van der Waals surface area contributed by atoms with E-state index in [1.54, 1.807) is 0 Å². The third kappa shape index (κ3) is 4.62. The Bertz CT molecular complexity index is 173. The summed E-state index contributed by atoms with van der Waals surface area (Å²) in [5.41, 5.74) is 0.